The number of pyridine rings is 1. The summed E-state index contributed by atoms with van der Waals surface area (Å²) in [4.78, 5) is 60.4. The van der Waals surface area contributed by atoms with Crippen LogP contribution in [0.25, 0.3) is 22.0 Å². The average Bonchev–Trinajstić information content (AvgIpc) is 3.07. The fourth-order valence-corrected chi connectivity index (χ4v) is 5.76. The van der Waals surface area contributed by atoms with Crippen molar-refractivity contribution in [1.29, 1.82) is 0 Å². The molecule has 1 unspecified atom stereocenters. The zero-order chi connectivity index (χ0) is 39.1. The highest BCUT2D eigenvalue weighted by atomic mass is 16.6. The molecule has 0 aliphatic heterocycles. The monoisotopic (exact) mass is 724 g/mol. The number of ketones is 1. The van der Waals surface area contributed by atoms with E-state index in [2.05, 4.69) is 19.2 Å². The lowest BCUT2D eigenvalue weighted by Gasteiger charge is -2.31. The molecule has 4 aromatic rings. The van der Waals surface area contributed by atoms with Crippen LogP contribution in [-0.2, 0) is 43.4 Å². The summed E-state index contributed by atoms with van der Waals surface area (Å²) in [5.74, 6) is -1.45. The number of anilines is 1. The Kier molecular flexibility index (Phi) is 13.0. The molecular formula is C42H52N4O7. The summed E-state index contributed by atoms with van der Waals surface area (Å²) in [6, 6.07) is 20.3. The van der Waals surface area contributed by atoms with Gasteiger partial charge in [-0.3, -0.25) is 14.7 Å². The van der Waals surface area contributed by atoms with Gasteiger partial charge in [0.1, 0.15) is 17.8 Å². The minimum absolute atomic E-state index is 0.0996. The molecule has 0 spiro atoms. The van der Waals surface area contributed by atoms with Crippen LogP contribution in [0.2, 0.25) is 0 Å². The molecule has 0 aliphatic rings. The number of carbonyl (C=O) groups is 4. The van der Waals surface area contributed by atoms with Crippen molar-refractivity contribution in [3.63, 3.8) is 0 Å². The molecular weight excluding hydrogens is 672 g/mol. The summed E-state index contributed by atoms with van der Waals surface area (Å²) < 4.78 is 17.0. The highest BCUT2D eigenvalue weighted by Crippen LogP contribution is 2.37. The van der Waals surface area contributed by atoms with Crippen LogP contribution in [0.5, 0.6) is 0 Å². The van der Waals surface area contributed by atoms with Gasteiger partial charge in [0.05, 0.1) is 12.1 Å². The third-order valence-electron chi connectivity index (χ3n) is 7.98. The minimum atomic E-state index is -1.75. The van der Waals surface area contributed by atoms with Crippen LogP contribution in [0.15, 0.2) is 72.8 Å². The maximum Gasteiger partial charge on any atom is 0.415 e. The molecule has 3 aromatic carbocycles. The van der Waals surface area contributed by atoms with Crippen molar-refractivity contribution in [3.8, 4) is 11.1 Å². The van der Waals surface area contributed by atoms with Crippen molar-refractivity contribution < 1.29 is 33.4 Å². The lowest BCUT2D eigenvalue weighted by molar-refractivity contribution is -0.158. The maximum atomic E-state index is 14.1. The highest BCUT2D eigenvalue weighted by molar-refractivity contribution is 6.13. The van der Waals surface area contributed by atoms with Gasteiger partial charge in [-0.05, 0) is 95.7 Å². The Labute approximate surface area is 312 Å². The number of benzene rings is 3. The van der Waals surface area contributed by atoms with Crippen LogP contribution in [-0.4, -0.2) is 52.7 Å². The standard InChI is InChI=1S/C42H52N4O7/c1-26(2)21-34-32(24-44-39(49)53-42(7,8)9)36(29-17-15-27(3)16-18-29)31-22-30(19-20-33(31)45-34)46(40(50)51-25-28-13-11-10-12-14-28)37(35(47)23-43)38(48)52-41(4,5)6/h10-20,22,26,37H,21,23-25,43H2,1-9H3,(H,44,49). The number of hydrogen-bond acceptors (Lipinski definition) is 9. The molecule has 282 valence electrons. The van der Waals surface area contributed by atoms with Crippen LogP contribution in [0.4, 0.5) is 15.3 Å². The number of alkyl carbamates (subject to hydrolysis) is 1. The summed E-state index contributed by atoms with van der Waals surface area (Å²) >= 11 is 0. The van der Waals surface area contributed by atoms with Crippen LogP contribution >= 0.6 is 0 Å². The Balaban J connectivity index is 1.99. The molecule has 11 heteroatoms. The van der Waals surface area contributed by atoms with Gasteiger partial charge in [-0.1, -0.05) is 74.0 Å². The van der Waals surface area contributed by atoms with Gasteiger partial charge in [0.15, 0.2) is 11.8 Å². The Morgan fingerprint density at radius 2 is 1.51 bits per heavy atom. The number of rotatable bonds is 12. The van der Waals surface area contributed by atoms with E-state index in [4.69, 9.17) is 24.9 Å². The van der Waals surface area contributed by atoms with E-state index in [1.807, 2.05) is 49.4 Å². The number of aromatic nitrogens is 1. The van der Waals surface area contributed by atoms with Crippen molar-refractivity contribution in [1.82, 2.24) is 10.3 Å². The van der Waals surface area contributed by atoms with Crippen LogP contribution in [0.3, 0.4) is 0 Å². The van der Waals surface area contributed by atoms with Gasteiger partial charge in [-0.25, -0.2) is 14.4 Å². The quantitative estimate of drug-likeness (QED) is 0.0847. The molecule has 0 aliphatic carbocycles. The number of fused-ring (bicyclic) bond motifs is 1. The molecule has 2 amide bonds. The largest absolute Gasteiger partial charge is 0.458 e. The smallest absolute Gasteiger partial charge is 0.415 e. The average molecular weight is 725 g/mol. The Bertz CT molecular complexity index is 1930. The lowest BCUT2D eigenvalue weighted by Crippen LogP contribution is -2.54. The van der Waals surface area contributed by atoms with Gasteiger partial charge in [0, 0.05) is 28.9 Å². The van der Waals surface area contributed by atoms with E-state index in [1.165, 1.54) is 0 Å². The van der Waals surface area contributed by atoms with Gasteiger partial charge in [0.25, 0.3) is 0 Å². The number of aryl methyl sites for hydroxylation is 1. The fraction of sp³-hybridized carbons (Fsp3) is 0.405. The number of nitrogens with zero attached hydrogens (tertiary/aromatic N) is 2. The topological polar surface area (TPSA) is 150 Å². The number of ether oxygens (including phenoxy) is 3. The van der Waals surface area contributed by atoms with E-state index in [-0.39, 0.29) is 24.8 Å². The third-order valence-corrected chi connectivity index (χ3v) is 7.98. The predicted molar refractivity (Wildman–Crippen MR) is 206 cm³/mol. The van der Waals surface area contributed by atoms with E-state index in [1.54, 1.807) is 71.9 Å². The first-order chi connectivity index (χ1) is 24.9. The molecule has 1 heterocycles. The highest BCUT2D eigenvalue weighted by Gasteiger charge is 2.40. The van der Waals surface area contributed by atoms with Crippen LogP contribution < -0.4 is 16.0 Å². The van der Waals surface area contributed by atoms with Crippen LogP contribution in [0.1, 0.15) is 77.8 Å². The van der Waals surface area contributed by atoms with E-state index in [9.17, 15) is 19.2 Å². The Hall–Kier alpha value is -5.29. The summed E-state index contributed by atoms with van der Waals surface area (Å²) in [5, 5.41) is 3.53. The van der Waals surface area contributed by atoms with E-state index < -0.39 is 47.7 Å². The molecule has 0 saturated carbocycles. The van der Waals surface area contributed by atoms with Crippen molar-refractivity contribution in [2.75, 3.05) is 11.4 Å². The van der Waals surface area contributed by atoms with E-state index >= 15 is 0 Å². The number of nitrogens with one attached hydrogen (secondary N) is 1. The Morgan fingerprint density at radius 1 is 0.868 bits per heavy atom. The van der Waals surface area contributed by atoms with E-state index in [0.29, 0.717) is 22.9 Å². The molecule has 0 bridgehead atoms. The molecule has 1 aromatic heterocycles. The molecule has 11 nitrogen and oxygen atoms in total. The summed E-state index contributed by atoms with van der Waals surface area (Å²) in [5.41, 5.74) is 9.88. The van der Waals surface area contributed by atoms with Crippen molar-refractivity contribution in [3.05, 3.63) is 95.2 Å². The molecule has 0 fully saturated rings. The first-order valence-electron chi connectivity index (χ1n) is 17.8. The van der Waals surface area contributed by atoms with Crippen LogP contribution in [0, 0.1) is 12.8 Å². The predicted octanol–water partition coefficient (Wildman–Crippen LogP) is 7.81. The number of carbonyl (C=O) groups excluding carboxylic acids is 4. The van der Waals surface area contributed by atoms with Crippen molar-refractivity contribution in [2.24, 2.45) is 11.7 Å². The summed E-state index contributed by atoms with van der Waals surface area (Å²) in [7, 11) is 0. The second-order valence-electron chi connectivity index (χ2n) is 15.4. The second kappa shape index (κ2) is 17.0. The SMILES string of the molecule is Cc1ccc(-c2c(CNC(=O)OC(C)(C)C)c(CC(C)C)nc3ccc(N(C(=O)OCc4ccccc4)C(C(=O)CN)C(=O)OC(C)(C)C)cc23)cc1. The number of nitrogens with two attached hydrogens (primary N) is 1. The molecule has 3 N–H and O–H groups in total. The number of amides is 2. The third kappa shape index (κ3) is 11.1. The van der Waals surface area contributed by atoms with Crippen molar-refractivity contribution >= 4 is 40.5 Å². The Morgan fingerprint density at radius 3 is 2.09 bits per heavy atom. The number of hydrogen-bond donors (Lipinski definition) is 2. The second-order valence-corrected chi connectivity index (χ2v) is 15.4. The maximum absolute atomic E-state index is 14.1. The zero-order valence-electron chi connectivity index (χ0n) is 32.2. The van der Waals surface area contributed by atoms with Gasteiger partial charge < -0.3 is 25.3 Å². The molecule has 1 atom stereocenters. The first-order valence-corrected chi connectivity index (χ1v) is 17.8. The van der Waals surface area contributed by atoms with E-state index in [0.717, 1.165) is 32.8 Å². The zero-order valence-corrected chi connectivity index (χ0v) is 32.2. The summed E-state index contributed by atoms with van der Waals surface area (Å²) in [6.45, 7) is 16.0. The molecule has 0 saturated heterocycles. The van der Waals surface area contributed by atoms with Crippen molar-refractivity contribution in [2.45, 2.75) is 99.1 Å². The van der Waals surface area contributed by atoms with Gasteiger partial charge >= 0.3 is 18.2 Å². The molecule has 53 heavy (non-hydrogen) atoms. The number of esters is 1. The molecule has 4 rings (SSSR count). The number of Topliss-reactive ketones (excluding diaryl/α,β-unsaturated/α-hetero) is 1. The van der Waals surface area contributed by atoms with Gasteiger partial charge in [-0.15, -0.1) is 0 Å². The normalized spacial score (nSPS) is 12.3. The van der Waals surface area contributed by atoms with Gasteiger partial charge in [0.2, 0.25) is 0 Å². The first kappa shape index (κ1) is 40.5. The fourth-order valence-electron chi connectivity index (χ4n) is 5.76. The summed E-state index contributed by atoms with van der Waals surface area (Å²) in [6.07, 6.45) is -0.908. The molecule has 0 radical (unpaired) electrons. The minimum Gasteiger partial charge on any atom is -0.458 e. The van der Waals surface area contributed by atoms with Gasteiger partial charge in [-0.2, -0.15) is 0 Å². The lowest BCUT2D eigenvalue weighted by atomic mass is 9.90.